The quantitative estimate of drug-likeness (QED) is 0.812. The summed E-state index contributed by atoms with van der Waals surface area (Å²) in [5, 5.41) is 12.9. The molecule has 1 unspecified atom stereocenters. The van der Waals surface area contributed by atoms with Gasteiger partial charge in [0.15, 0.2) is 0 Å². The molecule has 0 amide bonds. The van der Waals surface area contributed by atoms with E-state index in [0.29, 0.717) is 17.8 Å². The van der Waals surface area contributed by atoms with Crippen LogP contribution in [0.15, 0.2) is 42.5 Å². The number of benzene rings is 2. The van der Waals surface area contributed by atoms with Crippen LogP contribution in [-0.2, 0) is 17.6 Å². The Morgan fingerprint density at radius 2 is 1.93 bits per heavy atom. The number of carboxylic acid groups (broad SMARTS) is 1. The van der Waals surface area contributed by atoms with Gasteiger partial charge in [-0.25, -0.2) is 4.79 Å². The molecule has 2 aromatic carbocycles. The van der Waals surface area contributed by atoms with Gasteiger partial charge in [0.05, 0.1) is 11.6 Å². The van der Waals surface area contributed by atoms with E-state index in [0.717, 1.165) is 36.1 Å². The van der Waals surface area contributed by atoms with Gasteiger partial charge in [-0.15, -0.1) is 0 Å². The fourth-order valence-corrected chi connectivity index (χ4v) is 4.13. The molecule has 1 aliphatic carbocycles. The van der Waals surface area contributed by atoms with Crippen LogP contribution in [0.2, 0.25) is 0 Å². The highest BCUT2D eigenvalue weighted by molar-refractivity contribution is 5.88. The van der Waals surface area contributed by atoms with Gasteiger partial charge in [-0.3, -0.25) is 4.79 Å². The Bertz CT molecular complexity index is 912. The van der Waals surface area contributed by atoms with Crippen LogP contribution < -0.4 is 5.32 Å². The first-order valence-corrected chi connectivity index (χ1v) is 9.58. The van der Waals surface area contributed by atoms with E-state index < -0.39 is 5.97 Å². The number of anilines is 1. The van der Waals surface area contributed by atoms with Crippen molar-refractivity contribution in [2.75, 3.05) is 5.32 Å². The average Bonchev–Trinajstić information content (AvgIpc) is 3.45. The highest BCUT2D eigenvalue weighted by Crippen LogP contribution is 2.45. The lowest BCUT2D eigenvalue weighted by atomic mass is 9.72. The molecule has 4 rings (SSSR count). The third-order valence-corrected chi connectivity index (χ3v) is 5.77. The number of rotatable bonds is 5. The lowest BCUT2D eigenvalue weighted by Crippen LogP contribution is -2.35. The van der Waals surface area contributed by atoms with Gasteiger partial charge in [0.2, 0.25) is 0 Å². The second kappa shape index (κ2) is 6.52. The van der Waals surface area contributed by atoms with Gasteiger partial charge in [-0.1, -0.05) is 38.1 Å². The van der Waals surface area contributed by atoms with Gasteiger partial charge in [-0.2, -0.15) is 0 Å². The summed E-state index contributed by atoms with van der Waals surface area (Å²) < 4.78 is 0. The summed E-state index contributed by atoms with van der Waals surface area (Å²) in [6.07, 6.45) is 3.41. The van der Waals surface area contributed by atoms with Crippen molar-refractivity contribution in [1.29, 1.82) is 0 Å². The fraction of sp³-hybridized carbons (Fsp3) is 0.391. The summed E-state index contributed by atoms with van der Waals surface area (Å²) in [5.41, 5.74) is 4.52. The molecule has 27 heavy (non-hydrogen) atoms. The lowest BCUT2D eigenvalue weighted by molar-refractivity contribution is -0.119. The van der Waals surface area contributed by atoms with Crippen LogP contribution in [0.5, 0.6) is 0 Å². The predicted molar refractivity (Wildman–Crippen MR) is 105 cm³/mol. The van der Waals surface area contributed by atoms with Gasteiger partial charge in [0.1, 0.15) is 5.78 Å². The fourth-order valence-electron chi connectivity index (χ4n) is 4.13. The molecule has 4 heteroatoms. The number of ketones is 1. The maximum atomic E-state index is 12.2. The molecule has 2 N–H and O–H groups in total. The number of carbonyl (C=O) groups excluding carboxylic acids is 1. The van der Waals surface area contributed by atoms with E-state index in [4.69, 9.17) is 0 Å². The second-order valence-electron chi connectivity index (χ2n) is 8.58. The third kappa shape index (κ3) is 3.61. The molecule has 1 saturated carbocycles. The van der Waals surface area contributed by atoms with Gasteiger partial charge in [-0.05, 0) is 59.6 Å². The highest BCUT2D eigenvalue weighted by atomic mass is 16.4. The van der Waals surface area contributed by atoms with Crippen LogP contribution in [0.3, 0.4) is 0 Å². The summed E-state index contributed by atoms with van der Waals surface area (Å²) in [6.45, 7) is 4.39. The van der Waals surface area contributed by atoms with Crippen LogP contribution in [-0.4, -0.2) is 16.9 Å². The SMILES string of the molecule is CC1(C)Cc2cc(C(=O)O)ccc2NC1c1cccc(CC(=O)C2CC2)c1. The Hall–Kier alpha value is -2.62. The van der Waals surface area contributed by atoms with Crippen LogP contribution in [0, 0.1) is 11.3 Å². The average molecular weight is 363 g/mol. The first-order valence-electron chi connectivity index (χ1n) is 9.58. The van der Waals surface area contributed by atoms with Gasteiger partial charge < -0.3 is 10.4 Å². The van der Waals surface area contributed by atoms with Crippen LogP contribution in [0.4, 0.5) is 5.69 Å². The molecule has 0 bridgehead atoms. The molecule has 2 aromatic rings. The first-order chi connectivity index (χ1) is 12.8. The Morgan fingerprint density at radius 1 is 1.15 bits per heavy atom. The third-order valence-electron chi connectivity index (χ3n) is 5.77. The van der Waals surface area contributed by atoms with E-state index in [1.807, 2.05) is 18.2 Å². The standard InChI is InChI=1S/C23H25NO3/c1-23(2)13-18-12-17(22(26)27)8-9-19(18)24-21(23)16-5-3-4-14(10-16)11-20(25)15-6-7-15/h3-5,8-10,12,15,21,24H,6-7,11,13H2,1-2H3,(H,26,27). The molecule has 140 valence electrons. The molecule has 0 aromatic heterocycles. The molecular formula is C23H25NO3. The smallest absolute Gasteiger partial charge is 0.335 e. The summed E-state index contributed by atoms with van der Waals surface area (Å²) in [4.78, 5) is 23.4. The van der Waals surface area contributed by atoms with E-state index in [1.165, 1.54) is 5.56 Å². The number of hydrogen-bond acceptors (Lipinski definition) is 3. The van der Waals surface area contributed by atoms with E-state index in [2.05, 4.69) is 31.3 Å². The van der Waals surface area contributed by atoms with Gasteiger partial charge in [0, 0.05) is 18.0 Å². The zero-order valence-electron chi connectivity index (χ0n) is 15.8. The first kappa shape index (κ1) is 17.8. The number of carbonyl (C=O) groups is 2. The molecule has 0 spiro atoms. The predicted octanol–water partition coefficient (Wildman–Crippen LogP) is 4.64. The van der Waals surface area contributed by atoms with E-state index >= 15 is 0 Å². The minimum absolute atomic E-state index is 0.0801. The van der Waals surface area contributed by atoms with Gasteiger partial charge in [0.25, 0.3) is 0 Å². The molecular weight excluding hydrogens is 338 g/mol. The van der Waals surface area contributed by atoms with E-state index in [1.54, 1.807) is 12.1 Å². The zero-order chi connectivity index (χ0) is 19.2. The largest absolute Gasteiger partial charge is 0.478 e. The Labute approximate surface area is 159 Å². The van der Waals surface area contributed by atoms with Crippen molar-refractivity contribution in [3.63, 3.8) is 0 Å². The number of hydrogen-bond donors (Lipinski definition) is 2. The molecule has 1 atom stereocenters. The summed E-state index contributed by atoms with van der Waals surface area (Å²) in [5.74, 6) is -0.256. The number of fused-ring (bicyclic) bond motifs is 1. The van der Waals surface area contributed by atoms with Crippen molar-refractivity contribution in [2.24, 2.45) is 11.3 Å². The minimum Gasteiger partial charge on any atom is -0.478 e. The van der Waals surface area contributed by atoms with E-state index in [9.17, 15) is 14.7 Å². The Morgan fingerprint density at radius 3 is 2.63 bits per heavy atom. The number of aromatic carboxylic acids is 1. The van der Waals surface area contributed by atoms with E-state index in [-0.39, 0.29) is 17.4 Å². The summed E-state index contributed by atoms with van der Waals surface area (Å²) in [7, 11) is 0. The summed E-state index contributed by atoms with van der Waals surface area (Å²) in [6, 6.07) is 13.7. The maximum absolute atomic E-state index is 12.2. The molecule has 2 aliphatic rings. The molecule has 0 radical (unpaired) electrons. The molecule has 1 heterocycles. The Balaban J connectivity index is 1.61. The number of Topliss-reactive ketones (excluding diaryl/α,β-unsaturated/α-hetero) is 1. The van der Waals surface area contributed by atoms with Crippen molar-refractivity contribution < 1.29 is 14.7 Å². The normalized spacial score (nSPS) is 20.4. The van der Waals surface area contributed by atoms with Crippen molar-refractivity contribution in [3.8, 4) is 0 Å². The number of nitrogens with one attached hydrogen (secondary N) is 1. The van der Waals surface area contributed by atoms with Crippen molar-refractivity contribution in [1.82, 2.24) is 0 Å². The van der Waals surface area contributed by atoms with Crippen molar-refractivity contribution in [3.05, 3.63) is 64.7 Å². The van der Waals surface area contributed by atoms with Crippen molar-refractivity contribution >= 4 is 17.4 Å². The van der Waals surface area contributed by atoms with Crippen molar-refractivity contribution in [2.45, 2.75) is 45.6 Å². The van der Waals surface area contributed by atoms with Crippen LogP contribution in [0.25, 0.3) is 0 Å². The maximum Gasteiger partial charge on any atom is 0.335 e. The monoisotopic (exact) mass is 363 g/mol. The topological polar surface area (TPSA) is 66.4 Å². The summed E-state index contributed by atoms with van der Waals surface area (Å²) >= 11 is 0. The number of carboxylic acids is 1. The zero-order valence-corrected chi connectivity index (χ0v) is 15.8. The molecule has 4 nitrogen and oxygen atoms in total. The highest BCUT2D eigenvalue weighted by Gasteiger charge is 2.36. The minimum atomic E-state index is -0.897. The lowest BCUT2D eigenvalue weighted by Gasteiger charge is -2.41. The molecule has 1 fully saturated rings. The van der Waals surface area contributed by atoms with Gasteiger partial charge >= 0.3 is 5.97 Å². The molecule has 1 aliphatic heterocycles. The second-order valence-corrected chi connectivity index (χ2v) is 8.58. The molecule has 0 saturated heterocycles. The Kier molecular flexibility index (Phi) is 4.29. The van der Waals surface area contributed by atoms with Crippen LogP contribution >= 0.6 is 0 Å². The van der Waals surface area contributed by atoms with Crippen LogP contribution in [0.1, 0.15) is 59.8 Å².